The zero-order valence-electron chi connectivity index (χ0n) is 12.4. The number of hydrogen-bond donors (Lipinski definition) is 1. The van der Waals surface area contributed by atoms with Gasteiger partial charge in [0.2, 0.25) is 0 Å². The van der Waals surface area contributed by atoms with E-state index in [1.807, 2.05) is 11.8 Å². The Hall–Kier alpha value is -0.620. The summed E-state index contributed by atoms with van der Waals surface area (Å²) >= 11 is 1.95. The molecule has 108 valence electrons. The van der Waals surface area contributed by atoms with Gasteiger partial charge in [-0.05, 0) is 50.3 Å². The van der Waals surface area contributed by atoms with Crippen LogP contribution in [0.2, 0.25) is 0 Å². The van der Waals surface area contributed by atoms with Crippen LogP contribution in [0.4, 0.5) is 0 Å². The Morgan fingerprint density at radius 3 is 2.74 bits per heavy atom. The summed E-state index contributed by atoms with van der Waals surface area (Å²) in [5, 5.41) is 16.4. The molecule has 1 aliphatic carbocycles. The van der Waals surface area contributed by atoms with Crippen LogP contribution in [0.15, 0.2) is 0 Å². The maximum atomic E-state index is 4.24. The molecule has 1 aromatic rings. The van der Waals surface area contributed by atoms with Crippen LogP contribution in [0.3, 0.4) is 0 Å². The first-order valence-electron chi connectivity index (χ1n) is 7.06. The molecule has 2 unspecified atom stereocenters. The van der Waals surface area contributed by atoms with Crippen molar-refractivity contribution in [3.8, 4) is 0 Å². The standard InChI is InChI=1S/C13H25N5S/c1-13(2,3)14-9-12-15-16-17-18(12)10-7-5-6-8-11(10)19-4/h10-11,14H,5-9H2,1-4H3. The van der Waals surface area contributed by atoms with Gasteiger partial charge in [-0.2, -0.15) is 11.8 Å². The second-order valence-corrected chi connectivity index (χ2v) is 7.35. The molecule has 0 aliphatic heterocycles. The van der Waals surface area contributed by atoms with Crippen LogP contribution in [-0.2, 0) is 6.54 Å². The molecule has 2 atom stereocenters. The maximum absolute atomic E-state index is 4.24. The second-order valence-electron chi connectivity index (χ2n) is 6.27. The average molecular weight is 283 g/mol. The topological polar surface area (TPSA) is 55.6 Å². The summed E-state index contributed by atoms with van der Waals surface area (Å²) in [5.74, 6) is 0.959. The number of tetrazole rings is 1. The van der Waals surface area contributed by atoms with Gasteiger partial charge in [0, 0.05) is 10.8 Å². The van der Waals surface area contributed by atoms with Crippen molar-refractivity contribution in [1.82, 2.24) is 25.5 Å². The van der Waals surface area contributed by atoms with Crippen molar-refractivity contribution < 1.29 is 0 Å². The number of rotatable bonds is 4. The van der Waals surface area contributed by atoms with E-state index in [-0.39, 0.29) is 5.54 Å². The zero-order valence-corrected chi connectivity index (χ0v) is 13.2. The van der Waals surface area contributed by atoms with Crippen LogP contribution in [0, 0.1) is 0 Å². The number of nitrogens with zero attached hydrogens (tertiary/aromatic N) is 4. The van der Waals surface area contributed by atoms with Crippen molar-refractivity contribution in [3.63, 3.8) is 0 Å². The molecule has 1 heterocycles. The molecule has 1 aliphatic rings. The van der Waals surface area contributed by atoms with Crippen molar-refractivity contribution >= 4 is 11.8 Å². The van der Waals surface area contributed by atoms with Crippen molar-refractivity contribution in [2.24, 2.45) is 0 Å². The van der Waals surface area contributed by atoms with Crippen molar-refractivity contribution in [3.05, 3.63) is 5.82 Å². The highest BCUT2D eigenvalue weighted by molar-refractivity contribution is 7.99. The average Bonchev–Trinajstić information content (AvgIpc) is 2.83. The van der Waals surface area contributed by atoms with Crippen LogP contribution in [-0.4, -0.2) is 37.3 Å². The normalized spacial score (nSPS) is 24.6. The highest BCUT2D eigenvalue weighted by Crippen LogP contribution is 2.35. The van der Waals surface area contributed by atoms with E-state index < -0.39 is 0 Å². The number of hydrogen-bond acceptors (Lipinski definition) is 5. The Morgan fingerprint density at radius 2 is 2.05 bits per heavy atom. The summed E-state index contributed by atoms with van der Waals surface area (Å²) in [7, 11) is 0. The van der Waals surface area contributed by atoms with E-state index in [0.717, 1.165) is 12.4 Å². The Bertz CT molecular complexity index is 398. The van der Waals surface area contributed by atoms with Crippen LogP contribution < -0.4 is 5.32 Å². The molecule has 1 aromatic heterocycles. The minimum absolute atomic E-state index is 0.0856. The fourth-order valence-corrected chi connectivity index (χ4v) is 3.53. The third kappa shape index (κ3) is 3.92. The third-order valence-electron chi connectivity index (χ3n) is 3.62. The maximum Gasteiger partial charge on any atom is 0.165 e. The number of thioether (sulfide) groups is 1. The molecule has 0 bridgehead atoms. The minimum Gasteiger partial charge on any atom is -0.305 e. The van der Waals surface area contributed by atoms with Gasteiger partial charge in [0.25, 0.3) is 0 Å². The van der Waals surface area contributed by atoms with Crippen LogP contribution in [0.25, 0.3) is 0 Å². The number of nitrogens with one attached hydrogen (secondary N) is 1. The highest BCUT2D eigenvalue weighted by atomic mass is 32.2. The quantitative estimate of drug-likeness (QED) is 0.919. The summed E-state index contributed by atoms with van der Waals surface area (Å²) in [6.45, 7) is 7.21. The number of aromatic nitrogens is 4. The molecule has 19 heavy (non-hydrogen) atoms. The second kappa shape index (κ2) is 6.22. The Balaban J connectivity index is 2.09. The van der Waals surface area contributed by atoms with E-state index in [4.69, 9.17) is 0 Å². The largest absolute Gasteiger partial charge is 0.305 e. The minimum atomic E-state index is 0.0856. The Kier molecular flexibility index (Phi) is 4.84. The first-order valence-corrected chi connectivity index (χ1v) is 8.34. The molecule has 1 saturated carbocycles. The summed E-state index contributed by atoms with van der Waals surface area (Å²) in [4.78, 5) is 0. The van der Waals surface area contributed by atoms with Gasteiger partial charge >= 0.3 is 0 Å². The molecule has 0 amide bonds. The van der Waals surface area contributed by atoms with Crippen molar-refractivity contribution in [2.45, 2.75) is 69.8 Å². The highest BCUT2D eigenvalue weighted by Gasteiger charge is 2.29. The van der Waals surface area contributed by atoms with Crippen LogP contribution in [0.5, 0.6) is 0 Å². The predicted octanol–water partition coefficient (Wildman–Crippen LogP) is 2.41. The van der Waals surface area contributed by atoms with Gasteiger partial charge in [0.1, 0.15) is 0 Å². The van der Waals surface area contributed by atoms with E-state index in [9.17, 15) is 0 Å². The van der Waals surface area contributed by atoms with Crippen molar-refractivity contribution in [2.75, 3.05) is 6.26 Å². The molecule has 2 rings (SSSR count). The lowest BCUT2D eigenvalue weighted by atomic mass is 9.95. The van der Waals surface area contributed by atoms with E-state index in [2.05, 4.69) is 52.6 Å². The lowest BCUT2D eigenvalue weighted by Gasteiger charge is -2.30. The molecular formula is C13H25N5S. The van der Waals surface area contributed by atoms with E-state index in [1.165, 1.54) is 25.7 Å². The fourth-order valence-electron chi connectivity index (χ4n) is 2.56. The summed E-state index contributed by atoms with van der Waals surface area (Å²) in [6.07, 6.45) is 7.28. The molecular weight excluding hydrogens is 258 g/mol. The molecule has 0 saturated heterocycles. The smallest absolute Gasteiger partial charge is 0.165 e. The van der Waals surface area contributed by atoms with E-state index in [1.54, 1.807) is 0 Å². The molecule has 1 N–H and O–H groups in total. The van der Waals surface area contributed by atoms with Gasteiger partial charge in [-0.15, -0.1) is 5.10 Å². The summed E-state index contributed by atoms with van der Waals surface area (Å²) < 4.78 is 2.05. The first-order chi connectivity index (χ1) is 9.01. The molecule has 0 radical (unpaired) electrons. The zero-order chi connectivity index (χ0) is 13.9. The van der Waals surface area contributed by atoms with Gasteiger partial charge < -0.3 is 5.32 Å². The fraction of sp³-hybridized carbons (Fsp3) is 0.923. The molecule has 1 fully saturated rings. The van der Waals surface area contributed by atoms with Gasteiger partial charge in [-0.1, -0.05) is 12.8 Å². The summed E-state index contributed by atoms with van der Waals surface area (Å²) in [6, 6.07) is 0.454. The van der Waals surface area contributed by atoms with Gasteiger partial charge in [0.05, 0.1) is 12.6 Å². The van der Waals surface area contributed by atoms with Gasteiger partial charge in [0.15, 0.2) is 5.82 Å². The molecule has 5 nitrogen and oxygen atoms in total. The van der Waals surface area contributed by atoms with E-state index in [0.29, 0.717) is 11.3 Å². The van der Waals surface area contributed by atoms with E-state index >= 15 is 0 Å². The molecule has 0 spiro atoms. The molecule has 0 aromatic carbocycles. The lowest BCUT2D eigenvalue weighted by Crippen LogP contribution is -2.37. The Morgan fingerprint density at radius 1 is 1.32 bits per heavy atom. The molecule has 6 heteroatoms. The predicted molar refractivity (Wildman–Crippen MR) is 79.2 cm³/mol. The van der Waals surface area contributed by atoms with Gasteiger partial charge in [-0.3, -0.25) is 0 Å². The SMILES string of the molecule is CSC1CCCCC1n1nnnc1CNC(C)(C)C. The summed E-state index contributed by atoms with van der Waals surface area (Å²) in [5.41, 5.74) is 0.0856. The van der Waals surface area contributed by atoms with Gasteiger partial charge in [-0.25, -0.2) is 4.68 Å². The monoisotopic (exact) mass is 283 g/mol. The van der Waals surface area contributed by atoms with Crippen molar-refractivity contribution in [1.29, 1.82) is 0 Å². The third-order valence-corrected chi connectivity index (χ3v) is 4.78. The van der Waals surface area contributed by atoms with Crippen LogP contribution in [0.1, 0.15) is 58.3 Å². The Labute approximate surface area is 119 Å². The lowest BCUT2D eigenvalue weighted by molar-refractivity contribution is 0.318. The van der Waals surface area contributed by atoms with Crippen LogP contribution >= 0.6 is 11.8 Å². The first kappa shape index (κ1) is 14.8.